The molecule has 1 aliphatic heterocycles. The molecule has 1 amide bonds. The number of aliphatic imine (C=N–C) groups is 1. The number of nitrogens with zero attached hydrogens (tertiary/aromatic N) is 3. The summed E-state index contributed by atoms with van der Waals surface area (Å²) >= 11 is 0. The molecule has 0 atom stereocenters. The summed E-state index contributed by atoms with van der Waals surface area (Å²) in [6, 6.07) is 18.4. The van der Waals surface area contributed by atoms with E-state index in [1.165, 1.54) is 11.3 Å². The van der Waals surface area contributed by atoms with Crippen molar-refractivity contribution in [3.63, 3.8) is 0 Å². The third-order valence-electron chi connectivity index (χ3n) is 4.70. The number of benzene rings is 2. The second kappa shape index (κ2) is 10.3. The predicted octanol–water partition coefficient (Wildman–Crippen LogP) is 3.29. The lowest BCUT2D eigenvalue weighted by molar-refractivity contribution is -0.130. The fraction of sp³-hybridized carbons (Fsp3) is 0.333. The number of para-hydroxylation sites is 1. The van der Waals surface area contributed by atoms with E-state index in [9.17, 15) is 4.79 Å². The van der Waals surface area contributed by atoms with E-state index in [0.29, 0.717) is 13.1 Å². The molecule has 1 aliphatic rings. The third kappa shape index (κ3) is 5.22. The molecule has 0 aromatic heterocycles. The van der Waals surface area contributed by atoms with Crippen LogP contribution in [0.25, 0.3) is 0 Å². The molecule has 5 nitrogen and oxygen atoms in total. The summed E-state index contributed by atoms with van der Waals surface area (Å²) < 4.78 is 0. The van der Waals surface area contributed by atoms with Crippen LogP contribution < -0.4 is 10.2 Å². The molecule has 6 heteroatoms. The van der Waals surface area contributed by atoms with Crippen molar-refractivity contribution in [2.24, 2.45) is 4.99 Å². The van der Waals surface area contributed by atoms with Crippen molar-refractivity contribution in [2.75, 3.05) is 31.6 Å². The van der Waals surface area contributed by atoms with Gasteiger partial charge in [0.25, 0.3) is 0 Å². The van der Waals surface area contributed by atoms with E-state index in [-0.39, 0.29) is 36.4 Å². The monoisotopic (exact) mass is 478 g/mol. The van der Waals surface area contributed by atoms with Gasteiger partial charge in [-0.2, -0.15) is 0 Å². The Morgan fingerprint density at radius 2 is 1.85 bits per heavy atom. The molecule has 0 radical (unpaired) electrons. The number of fused-ring (bicyclic) bond motifs is 1. The minimum absolute atomic E-state index is 0. The molecule has 1 N–H and O–H groups in total. The Morgan fingerprint density at radius 3 is 2.56 bits per heavy atom. The second-order valence-electron chi connectivity index (χ2n) is 6.32. The highest BCUT2D eigenvalue weighted by molar-refractivity contribution is 14.0. The average molecular weight is 478 g/mol. The summed E-state index contributed by atoms with van der Waals surface area (Å²) in [5.41, 5.74) is 3.63. The van der Waals surface area contributed by atoms with Crippen LogP contribution in [0.3, 0.4) is 0 Å². The van der Waals surface area contributed by atoms with Crippen LogP contribution in [0.4, 0.5) is 5.69 Å². The Labute approximate surface area is 178 Å². The number of halogens is 1. The van der Waals surface area contributed by atoms with Crippen LogP contribution >= 0.6 is 24.0 Å². The minimum atomic E-state index is 0. The van der Waals surface area contributed by atoms with Crippen molar-refractivity contribution in [1.29, 1.82) is 0 Å². The Kier molecular flexibility index (Phi) is 8.09. The van der Waals surface area contributed by atoms with Crippen LogP contribution in [0.5, 0.6) is 0 Å². The first-order valence-electron chi connectivity index (χ1n) is 9.10. The Bertz CT molecular complexity index is 779. The highest BCUT2D eigenvalue weighted by Gasteiger charge is 2.23. The lowest BCUT2D eigenvalue weighted by atomic mass is 10.2. The predicted molar refractivity (Wildman–Crippen MR) is 122 cm³/mol. The maximum atomic E-state index is 12.6. The molecule has 1 heterocycles. The topological polar surface area (TPSA) is 47.9 Å². The first-order valence-corrected chi connectivity index (χ1v) is 9.10. The quantitative estimate of drug-likeness (QED) is 0.408. The van der Waals surface area contributed by atoms with Crippen LogP contribution in [0.15, 0.2) is 59.6 Å². The molecule has 2 aromatic rings. The number of nitrogens with one attached hydrogen (secondary N) is 1. The molecule has 0 fully saturated rings. The minimum Gasteiger partial charge on any atom is -0.347 e. The first-order chi connectivity index (χ1) is 12.7. The van der Waals surface area contributed by atoms with Crippen molar-refractivity contribution in [3.8, 4) is 0 Å². The summed E-state index contributed by atoms with van der Waals surface area (Å²) in [5, 5.41) is 3.24. The summed E-state index contributed by atoms with van der Waals surface area (Å²) in [5.74, 6) is 0.823. The number of rotatable bonds is 5. The van der Waals surface area contributed by atoms with Crippen LogP contribution in [-0.2, 0) is 17.8 Å². The van der Waals surface area contributed by atoms with Gasteiger partial charge in [0.2, 0.25) is 5.91 Å². The summed E-state index contributed by atoms with van der Waals surface area (Å²) in [7, 11) is 1.76. The molecule has 2 aromatic carbocycles. The highest BCUT2D eigenvalue weighted by atomic mass is 127. The van der Waals surface area contributed by atoms with E-state index in [4.69, 9.17) is 0 Å². The molecule has 0 bridgehead atoms. The van der Waals surface area contributed by atoms with E-state index in [2.05, 4.69) is 33.4 Å². The molecular formula is C21H27IN4O. The smallest absolute Gasteiger partial charge is 0.242 e. The zero-order chi connectivity index (χ0) is 18.4. The molecule has 144 valence electrons. The number of anilines is 1. The van der Waals surface area contributed by atoms with Crippen molar-refractivity contribution in [2.45, 2.75) is 19.9 Å². The number of hydrogen-bond donors (Lipinski definition) is 1. The summed E-state index contributed by atoms with van der Waals surface area (Å²) in [6.07, 6.45) is 1.000. The van der Waals surface area contributed by atoms with Gasteiger partial charge in [-0.1, -0.05) is 48.5 Å². The first kappa shape index (κ1) is 21.2. The Hall–Kier alpha value is -2.09. The standard InChI is InChI=1S/C21H26N4O.HI/c1-3-24(16-17-9-5-4-6-10-17)20(26)15-23-21(22-2)25-14-13-18-11-7-8-12-19(18)25;/h4-12H,3,13-16H2,1-2H3,(H,22,23);1H. The van der Waals surface area contributed by atoms with Crippen LogP contribution in [0, 0.1) is 0 Å². The van der Waals surface area contributed by atoms with Crippen molar-refractivity contribution >= 4 is 41.5 Å². The zero-order valence-electron chi connectivity index (χ0n) is 15.9. The van der Waals surface area contributed by atoms with Crippen LogP contribution in [0.1, 0.15) is 18.1 Å². The molecule has 0 unspecified atom stereocenters. The maximum absolute atomic E-state index is 12.6. The van der Waals surface area contributed by atoms with E-state index in [1.807, 2.05) is 48.2 Å². The number of amides is 1. The van der Waals surface area contributed by atoms with Gasteiger partial charge >= 0.3 is 0 Å². The molecule has 0 spiro atoms. The molecule has 27 heavy (non-hydrogen) atoms. The number of carbonyl (C=O) groups is 1. The lowest BCUT2D eigenvalue weighted by Crippen LogP contribution is -2.46. The van der Waals surface area contributed by atoms with Gasteiger partial charge in [-0.3, -0.25) is 9.79 Å². The molecule has 0 saturated heterocycles. The van der Waals surface area contributed by atoms with E-state index < -0.39 is 0 Å². The normalized spacial score (nSPS) is 13.0. The SMILES string of the molecule is CCN(Cc1ccccc1)C(=O)CNC(=NC)N1CCc2ccccc21.I. The van der Waals surface area contributed by atoms with Crippen molar-refractivity contribution in [1.82, 2.24) is 10.2 Å². The van der Waals surface area contributed by atoms with Gasteiger partial charge < -0.3 is 15.1 Å². The van der Waals surface area contributed by atoms with E-state index in [0.717, 1.165) is 24.5 Å². The van der Waals surface area contributed by atoms with E-state index in [1.54, 1.807) is 7.05 Å². The average Bonchev–Trinajstić information content (AvgIpc) is 3.11. The Morgan fingerprint density at radius 1 is 1.15 bits per heavy atom. The second-order valence-corrected chi connectivity index (χ2v) is 6.32. The number of hydrogen-bond acceptors (Lipinski definition) is 2. The van der Waals surface area contributed by atoms with Crippen LogP contribution in [0.2, 0.25) is 0 Å². The molecule has 0 saturated carbocycles. The van der Waals surface area contributed by atoms with Gasteiger partial charge in [0.1, 0.15) is 0 Å². The van der Waals surface area contributed by atoms with Gasteiger partial charge in [-0.15, -0.1) is 24.0 Å². The largest absolute Gasteiger partial charge is 0.347 e. The molecule has 0 aliphatic carbocycles. The summed E-state index contributed by atoms with van der Waals surface area (Å²) in [6.45, 7) is 4.44. The highest BCUT2D eigenvalue weighted by Crippen LogP contribution is 2.27. The number of likely N-dealkylation sites (N-methyl/N-ethyl adjacent to an activating group) is 1. The number of carbonyl (C=O) groups excluding carboxylic acids is 1. The summed E-state index contributed by atoms with van der Waals surface area (Å²) in [4.78, 5) is 21.0. The van der Waals surface area contributed by atoms with Crippen molar-refractivity contribution < 1.29 is 4.79 Å². The van der Waals surface area contributed by atoms with Crippen molar-refractivity contribution in [3.05, 3.63) is 65.7 Å². The van der Waals surface area contributed by atoms with Gasteiger partial charge in [0.15, 0.2) is 5.96 Å². The van der Waals surface area contributed by atoms with Gasteiger partial charge in [0.05, 0.1) is 6.54 Å². The van der Waals surface area contributed by atoms with Gasteiger partial charge in [-0.25, -0.2) is 0 Å². The van der Waals surface area contributed by atoms with Gasteiger partial charge in [-0.05, 0) is 30.5 Å². The van der Waals surface area contributed by atoms with Crippen LogP contribution in [-0.4, -0.2) is 43.4 Å². The van der Waals surface area contributed by atoms with Gasteiger partial charge in [0, 0.05) is 32.4 Å². The number of guanidine groups is 1. The fourth-order valence-electron chi connectivity index (χ4n) is 3.30. The third-order valence-corrected chi connectivity index (χ3v) is 4.70. The maximum Gasteiger partial charge on any atom is 0.242 e. The fourth-order valence-corrected chi connectivity index (χ4v) is 3.30. The molecule has 3 rings (SSSR count). The lowest BCUT2D eigenvalue weighted by Gasteiger charge is -2.25. The van der Waals surface area contributed by atoms with E-state index >= 15 is 0 Å². The Balaban J connectivity index is 0.00000261. The zero-order valence-corrected chi connectivity index (χ0v) is 18.2. The molecular weight excluding hydrogens is 451 g/mol.